The molecule has 2 aliphatic heterocycles. The summed E-state index contributed by atoms with van der Waals surface area (Å²) in [5, 5.41) is 14.9. The molecule has 0 aliphatic carbocycles. The Morgan fingerprint density at radius 1 is 1.06 bits per heavy atom. The van der Waals surface area contributed by atoms with E-state index in [-0.39, 0.29) is 23.9 Å². The molecule has 3 heterocycles. The van der Waals surface area contributed by atoms with Gasteiger partial charge in [-0.3, -0.25) is 4.79 Å². The Hall–Kier alpha value is -4.90. The fourth-order valence-electron chi connectivity index (χ4n) is 5.27. The van der Waals surface area contributed by atoms with Crippen LogP contribution in [0.4, 0.5) is 10.1 Å². The Kier molecular flexibility index (Phi) is 4.70. The molecule has 0 fully saturated rings. The standard InChI is InChI=1S/C28H20FN5O2/c1-17-24-26(34(32-17)19-10-3-2-4-11-19)36-25(31)21(15-30)28(24)20-12-6-8-14-23(20)33(27(28)35)16-18-9-5-7-13-22(18)29/h2-14H,16,31H2,1H3. The minimum absolute atomic E-state index is 0.00898. The average molecular weight is 477 g/mol. The third kappa shape index (κ3) is 2.77. The van der Waals surface area contributed by atoms with Gasteiger partial charge in [-0.05, 0) is 31.2 Å². The lowest BCUT2D eigenvalue weighted by Crippen LogP contribution is -2.46. The second-order valence-corrected chi connectivity index (χ2v) is 8.72. The summed E-state index contributed by atoms with van der Waals surface area (Å²) < 4.78 is 22.2. The van der Waals surface area contributed by atoms with Gasteiger partial charge in [-0.25, -0.2) is 9.07 Å². The molecule has 36 heavy (non-hydrogen) atoms. The summed E-state index contributed by atoms with van der Waals surface area (Å²) >= 11 is 0. The molecule has 1 aromatic heterocycles. The van der Waals surface area contributed by atoms with E-state index in [0.717, 1.165) is 0 Å². The van der Waals surface area contributed by atoms with Crippen LogP contribution in [0.2, 0.25) is 0 Å². The number of nitrogens with zero attached hydrogens (tertiary/aromatic N) is 4. The van der Waals surface area contributed by atoms with Gasteiger partial charge in [0.05, 0.1) is 23.5 Å². The lowest BCUT2D eigenvalue weighted by Gasteiger charge is -2.33. The molecule has 0 saturated carbocycles. The van der Waals surface area contributed by atoms with Crippen molar-refractivity contribution in [2.24, 2.45) is 5.73 Å². The minimum atomic E-state index is -1.58. The molecule has 1 spiro atoms. The number of hydrogen-bond donors (Lipinski definition) is 1. The maximum Gasteiger partial charge on any atom is 0.248 e. The van der Waals surface area contributed by atoms with E-state index < -0.39 is 17.1 Å². The highest BCUT2D eigenvalue weighted by Crippen LogP contribution is 2.56. The second kappa shape index (κ2) is 7.82. The smallest absolute Gasteiger partial charge is 0.248 e. The summed E-state index contributed by atoms with van der Waals surface area (Å²) in [4.78, 5) is 16.0. The first-order valence-corrected chi connectivity index (χ1v) is 11.4. The molecule has 4 aromatic rings. The summed E-state index contributed by atoms with van der Waals surface area (Å²) in [6, 6.07) is 25.0. The Labute approximate surface area is 206 Å². The number of rotatable bonds is 3. The monoisotopic (exact) mass is 477 g/mol. The first-order chi connectivity index (χ1) is 17.5. The number of carbonyl (C=O) groups excluding carboxylic acids is 1. The van der Waals surface area contributed by atoms with Gasteiger partial charge in [-0.1, -0.05) is 54.6 Å². The van der Waals surface area contributed by atoms with E-state index in [9.17, 15) is 14.4 Å². The Morgan fingerprint density at radius 2 is 1.75 bits per heavy atom. The highest BCUT2D eigenvalue weighted by molar-refractivity contribution is 6.14. The fourth-order valence-corrected chi connectivity index (χ4v) is 5.27. The van der Waals surface area contributed by atoms with Crippen LogP contribution in [-0.2, 0) is 16.8 Å². The lowest BCUT2D eigenvalue weighted by atomic mass is 9.69. The number of nitriles is 1. The van der Waals surface area contributed by atoms with E-state index in [4.69, 9.17) is 10.5 Å². The van der Waals surface area contributed by atoms with Crippen molar-refractivity contribution < 1.29 is 13.9 Å². The number of hydrogen-bond acceptors (Lipinski definition) is 5. The quantitative estimate of drug-likeness (QED) is 0.476. The number of aromatic nitrogens is 2. The molecule has 2 N–H and O–H groups in total. The molecule has 176 valence electrons. The van der Waals surface area contributed by atoms with E-state index in [0.29, 0.717) is 33.8 Å². The minimum Gasteiger partial charge on any atom is -0.422 e. The van der Waals surface area contributed by atoms with Crippen LogP contribution in [-0.4, -0.2) is 15.7 Å². The number of nitrogens with two attached hydrogens (primary N) is 1. The Bertz CT molecular complexity index is 1620. The molecule has 0 radical (unpaired) electrons. The van der Waals surface area contributed by atoms with Crippen LogP contribution in [0.25, 0.3) is 5.69 Å². The predicted octanol–water partition coefficient (Wildman–Crippen LogP) is 4.24. The van der Waals surface area contributed by atoms with E-state index >= 15 is 0 Å². The molecule has 1 unspecified atom stereocenters. The molecular formula is C28H20FN5O2. The molecule has 8 heteroatoms. The number of fused-ring (bicyclic) bond motifs is 4. The van der Waals surface area contributed by atoms with Gasteiger partial charge in [0.2, 0.25) is 17.7 Å². The van der Waals surface area contributed by atoms with Gasteiger partial charge in [-0.2, -0.15) is 10.4 Å². The molecule has 0 bridgehead atoms. The third-order valence-electron chi connectivity index (χ3n) is 6.78. The SMILES string of the molecule is Cc1nn(-c2ccccc2)c2c1C1(C(=O)N(Cc3ccccc3F)c3ccccc31)C(C#N)=C(N)O2. The Morgan fingerprint density at radius 3 is 2.50 bits per heavy atom. The zero-order valence-electron chi connectivity index (χ0n) is 19.3. The van der Waals surface area contributed by atoms with E-state index in [1.54, 1.807) is 54.1 Å². The summed E-state index contributed by atoms with van der Waals surface area (Å²) in [5.74, 6) is -0.726. The van der Waals surface area contributed by atoms with Crippen molar-refractivity contribution in [3.8, 4) is 17.6 Å². The molecule has 1 atom stereocenters. The van der Waals surface area contributed by atoms with Crippen LogP contribution in [0.5, 0.6) is 5.88 Å². The van der Waals surface area contributed by atoms with Gasteiger partial charge >= 0.3 is 0 Å². The lowest BCUT2D eigenvalue weighted by molar-refractivity contribution is -0.121. The number of aryl methyl sites for hydroxylation is 1. The third-order valence-corrected chi connectivity index (χ3v) is 6.78. The van der Waals surface area contributed by atoms with Gasteiger partial charge in [0.25, 0.3) is 0 Å². The zero-order valence-corrected chi connectivity index (χ0v) is 19.3. The van der Waals surface area contributed by atoms with Crippen LogP contribution >= 0.6 is 0 Å². The number of benzene rings is 3. The van der Waals surface area contributed by atoms with Crippen LogP contribution < -0.4 is 15.4 Å². The molecule has 1 amide bonds. The number of anilines is 1. The van der Waals surface area contributed by atoms with Gasteiger partial charge in [0.15, 0.2) is 0 Å². The van der Waals surface area contributed by atoms with Gasteiger partial charge in [0, 0.05) is 16.8 Å². The number of para-hydroxylation sites is 2. The number of ether oxygens (including phenoxy) is 1. The summed E-state index contributed by atoms with van der Waals surface area (Å²) in [6.45, 7) is 1.76. The number of halogens is 1. The molecule has 7 nitrogen and oxygen atoms in total. The van der Waals surface area contributed by atoms with Crippen LogP contribution in [0, 0.1) is 24.1 Å². The van der Waals surface area contributed by atoms with Crippen molar-refractivity contribution >= 4 is 11.6 Å². The predicted molar refractivity (Wildman–Crippen MR) is 131 cm³/mol. The highest BCUT2D eigenvalue weighted by Gasteiger charge is 2.61. The first kappa shape index (κ1) is 21.6. The maximum atomic E-state index is 14.6. The van der Waals surface area contributed by atoms with Crippen LogP contribution in [0.3, 0.4) is 0 Å². The number of amides is 1. The van der Waals surface area contributed by atoms with Crippen molar-refractivity contribution in [1.82, 2.24) is 9.78 Å². The average Bonchev–Trinajstić information content (AvgIpc) is 3.34. The molecule has 0 saturated heterocycles. The fraction of sp³-hybridized carbons (Fsp3) is 0.107. The normalized spacial score (nSPS) is 18.1. The molecule has 3 aromatic carbocycles. The van der Waals surface area contributed by atoms with Gasteiger partial charge < -0.3 is 15.4 Å². The van der Waals surface area contributed by atoms with Crippen LogP contribution in [0.15, 0.2) is 90.3 Å². The van der Waals surface area contributed by atoms with E-state index in [1.165, 1.54) is 11.0 Å². The second-order valence-electron chi connectivity index (χ2n) is 8.72. The molecule has 6 rings (SSSR count). The van der Waals surface area contributed by atoms with Gasteiger partial charge in [0.1, 0.15) is 22.9 Å². The van der Waals surface area contributed by atoms with Crippen molar-refractivity contribution in [2.75, 3.05) is 4.90 Å². The van der Waals surface area contributed by atoms with Gasteiger partial charge in [-0.15, -0.1) is 0 Å². The first-order valence-electron chi connectivity index (χ1n) is 11.4. The van der Waals surface area contributed by atoms with Crippen molar-refractivity contribution in [3.05, 3.63) is 119 Å². The zero-order chi connectivity index (χ0) is 25.0. The Balaban J connectivity index is 1.64. The van der Waals surface area contributed by atoms with E-state index in [2.05, 4.69) is 11.2 Å². The maximum absolute atomic E-state index is 14.6. The summed E-state index contributed by atoms with van der Waals surface area (Å²) in [6.07, 6.45) is 0. The van der Waals surface area contributed by atoms with Crippen molar-refractivity contribution in [3.63, 3.8) is 0 Å². The van der Waals surface area contributed by atoms with Crippen molar-refractivity contribution in [1.29, 1.82) is 5.26 Å². The van der Waals surface area contributed by atoms with Crippen LogP contribution in [0.1, 0.15) is 22.4 Å². The largest absolute Gasteiger partial charge is 0.422 e. The summed E-state index contributed by atoms with van der Waals surface area (Å²) in [7, 11) is 0. The highest BCUT2D eigenvalue weighted by atomic mass is 19.1. The molecular weight excluding hydrogens is 457 g/mol. The number of carbonyl (C=O) groups is 1. The van der Waals surface area contributed by atoms with E-state index in [1.807, 2.05) is 30.3 Å². The van der Waals surface area contributed by atoms with Crippen molar-refractivity contribution in [2.45, 2.75) is 18.9 Å². The topological polar surface area (TPSA) is 97.2 Å². The molecule has 2 aliphatic rings. The summed E-state index contributed by atoms with van der Waals surface area (Å²) in [5.41, 5.74) is 7.92.